The maximum Gasteiger partial charge on any atom is 0.255 e. The normalized spacial score (nSPS) is 21.0. The summed E-state index contributed by atoms with van der Waals surface area (Å²) in [5.41, 5.74) is 1.44. The maximum atomic E-state index is 12.6. The standard InChI is InChI=1S/C21H23N5O3/c27-18(23-13-15-5-3-4-11-22-15)14-26-12-10-21(9-8-19(26)28)24-17-7-2-1-6-16(17)20(29)25-21/h1-7,11,24H,8-10,12-14H2,(H,23,27)(H,25,29). The zero-order chi connectivity index (χ0) is 20.3. The van der Waals surface area contributed by atoms with Crippen LogP contribution in [-0.4, -0.2) is 46.4 Å². The van der Waals surface area contributed by atoms with Gasteiger partial charge >= 0.3 is 0 Å². The lowest BCUT2D eigenvalue weighted by molar-refractivity contribution is -0.135. The topological polar surface area (TPSA) is 103 Å². The molecule has 3 heterocycles. The number of fused-ring (bicyclic) bond motifs is 1. The van der Waals surface area contributed by atoms with Crippen molar-refractivity contribution in [2.24, 2.45) is 0 Å². The van der Waals surface area contributed by atoms with Crippen LogP contribution in [0.15, 0.2) is 48.7 Å². The zero-order valence-electron chi connectivity index (χ0n) is 16.0. The van der Waals surface area contributed by atoms with Gasteiger partial charge in [-0.05, 0) is 30.7 Å². The summed E-state index contributed by atoms with van der Waals surface area (Å²) in [6, 6.07) is 12.8. The fraction of sp³-hybridized carbons (Fsp3) is 0.333. The number of amides is 3. The minimum atomic E-state index is -0.680. The van der Waals surface area contributed by atoms with Gasteiger partial charge in [-0.25, -0.2) is 0 Å². The van der Waals surface area contributed by atoms with Crippen molar-refractivity contribution in [3.05, 3.63) is 59.9 Å². The van der Waals surface area contributed by atoms with Gasteiger partial charge in [0.2, 0.25) is 11.8 Å². The highest BCUT2D eigenvalue weighted by Crippen LogP contribution is 2.31. The van der Waals surface area contributed by atoms with E-state index in [-0.39, 0.29) is 30.7 Å². The van der Waals surface area contributed by atoms with Crippen LogP contribution in [0.25, 0.3) is 0 Å². The SMILES string of the molecule is O=C(CN1CCC2(CCC1=O)NC(=O)c1ccccc1N2)NCc1ccccn1. The van der Waals surface area contributed by atoms with Crippen molar-refractivity contribution in [3.63, 3.8) is 0 Å². The van der Waals surface area contributed by atoms with Crippen molar-refractivity contribution in [2.45, 2.75) is 31.5 Å². The van der Waals surface area contributed by atoms with Gasteiger partial charge in [-0.1, -0.05) is 18.2 Å². The Labute approximate surface area is 168 Å². The number of likely N-dealkylation sites (tertiary alicyclic amines) is 1. The molecule has 1 aromatic heterocycles. The number of nitrogens with zero attached hydrogens (tertiary/aromatic N) is 2. The van der Waals surface area contributed by atoms with E-state index in [1.807, 2.05) is 36.4 Å². The molecule has 4 rings (SSSR count). The van der Waals surface area contributed by atoms with E-state index in [0.29, 0.717) is 31.5 Å². The monoisotopic (exact) mass is 393 g/mol. The number of hydrogen-bond donors (Lipinski definition) is 3. The van der Waals surface area contributed by atoms with Gasteiger partial charge in [0, 0.05) is 31.3 Å². The molecule has 8 nitrogen and oxygen atoms in total. The predicted octanol–water partition coefficient (Wildman–Crippen LogP) is 1.26. The molecule has 3 N–H and O–H groups in total. The fourth-order valence-corrected chi connectivity index (χ4v) is 3.76. The molecule has 2 aromatic rings. The molecular formula is C21H23N5O3. The van der Waals surface area contributed by atoms with Gasteiger partial charge in [0.1, 0.15) is 5.66 Å². The molecule has 1 fully saturated rings. The molecule has 0 bridgehead atoms. The van der Waals surface area contributed by atoms with Crippen LogP contribution in [0.1, 0.15) is 35.3 Å². The van der Waals surface area contributed by atoms with Crippen molar-refractivity contribution in [1.82, 2.24) is 20.5 Å². The zero-order valence-corrected chi connectivity index (χ0v) is 16.0. The van der Waals surface area contributed by atoms with Crippen LogP contribution in [0.2, 0.25) is 0 Å². The molecule has 1 unspecified atom stereocenters. The number of carbonyl (C=O) groups excluding carboxylic acids is 3. The molecule has 150 valence electrons. The Hall–Kier alpha value is -3.42. The van der Waals surface area contributed by atoms with E-state index in [2.05, 4.69) is 20.9 Å². The van der Waals surface area contributed by atoms with Gasteiger partial charge in [-0.2, -0.15) is 0 Å². The van der Waals surface area contributed by atoms with Crippen molar-refractivity contribution in [2.75, 3.05) is 18.4 Å². The first-order valence-corrected chi connectivity index (χ1v) is 9.69. The van der Waals surface area contributed by atoms with Gasteiger partial charge in [-0.3, -0.25) is 19.4 Å². The summed E-state index contributed by atoms with van der Waals surface area (Å²) in [6.07, 6.45) is 2.91. The van der Waals surface area contributed by atoms with Crippen molar-refractivity contribution >= 4 is 23.4 Å². The summed E-state index contributed by atoms with van der Waals surface area (Å²) in [5.74, 6) is -0.468. The van der Waals surface area contributed by atoms with Crippen LogP contribution in [0.3, 0.4) is 0 Å². The fourth-order valence-electron chi connectivity index (χ4n) is 3.76. The molecule has 0 saturated carbocycles. The largest absolute Gasteiger partial charge is 0.362 e. The lowest BCUT2D eigenvalue weighted by Crippen LogP contribution is -2.58. The second-order valence-corrected chi connectivity index (χ2v) is 7.37. The van der Waals surface area contributed by atoms with Crippen LogP contribution in [0.5, 0.6) is 0 Å². The minimum Gasteiger partial charge on any atom is -0.362 e. The van der Waals surface area contributed by atoms with Crippen LogP contribution in [0.4, 0.5) is 5.69 Å². The number of rotatable bonds is 4. The third-order valence-corrected chi connectivity index (χ3v) is 5.35. The lowest BCUT2D eigenvalue weighted by atomic mass is 9.95. The number of aromatic nitrogens is 1. The Morgan fingerprint density at radius 3 is 2.76 bits per heavy atom. The quantitative estimate of drug-likeness (QED) is 0.726. The minimum absolute atomic E-state index is 0.00766. The highest BCUT2D eigenvalue weighted by atomic mass is 16.2. The van der Waals surface area contributed by atoms with Crippen LogP contribution >= 0.6 is 0 Å². The smallest absolute Gasteiger partial charge is 0.255 e. The Morgan fingerprint density at radius 2 is 1.93 bits per heavy atom. The number of benzene rings is 1. The van der Waals surface area contributed by atoms with Gasteiger partial charge in [-0.15, -0.1) is 0 Å². The third kappa shape index (κ3) is 4.21. The molecule has 0 radical (unpaired) electrons. The second kappa shape index (κ2) is 7.90. The van der Waals surface area contributed by atoms with E-state index in [0.717, 1.165) is 11.4 Å². The average molecular weight is 393 g/mol. The molecular weight excluding hydrogens is 370 g/mol. The Morgan fingerprint density at radius 1 is 1.10 bits per heavy atom. The Balaban J connectivity index is 1.38. The summed E-state index contributed by atoms with van der Waals surface area (Å²) < 4.78 is 0. The Kier molecular flexibility index (Phi) is 5.16. The van der Waals surface area contributed by atoms with E-state index < -0.39 is 5.66 Å². The average Bonchev–Trinajstić information content (AvgIpc) is 2.87. The maximum absolute atomic E-state index is 12.6. The second-order valence-electron chi connectivity index (χ2n) is 7.37. The van der Waals surface area contributed by atoms with E-state index in [1.165, 1.54) is 0 Å². The molecule has 1 atom stereocenters. The van der Waals surface area contributed by atoms with Gasteiger partial charge in [0.15, 0.2) is 0 Å². The first-order chi connectivity index (χ1) is 14.0. The van der Waals surface area contributed by atoms with Gasteiger partial charge in [0.05, 0.1) is 24.3 Å². The molecule has 8 heteroatoms. The highest BCUT2D eigenvalue weighted by Gasteiger charge is 2.40. The van der Waals surface area contributed by atoms with Crippen LogP contribution < -0.4 is 16.0 Å². The molecule has 1 aromatic carbocycles. The van der Waals surface area contributed by atoms with Gasteiger partial charge < -0.3 is 20.9 Å². The summed E-state index contributed by atoms with van der Waals surface area (Å²) >= 11 is 0. The number of para-hydroxylation sites is 1. The van der Waals surface area contributed by atoms with E-state index in [9.17, 15) is 14.4 Å². The third-order valence-electron chi connectivity index (χ3n) is 5.35. The van der Waals surface area contributed by atoms with Crippen LogP contribution in [-0.2, 0) is 16.1 Å². The van der Waals surface area contributed by atoms with Crippen molar-refractivity contribution in [1.29, 1.82) is 0 Å². The first-order valence-electron chi connectivity index (χ1n) is 9.69. The molecule has 29 heavy (non-hydrogen) atoms. The number of hydrogen-bond acceptors (Lipinski definition) is 5. The van der Waals surface area contributed by atoms with Gasteiger partial charge in [0.25, 0.3) is 5.91 Å². The van der Waals surface area contributed by atoms with E-state index in [1.54, 1.807) is 17.2 Å². The molecule has 3 amide bonds. The summed E-state index contributed by atoms with van der Waals surface area (Å²) in [4.78, 5) is 43.1. The molecule has 1 spiro atoms. The summed E-state index contributed by atoms with van der Waals surface area (Å²) in [5, 5.41) is 9.23. The number of nitrogens with one attached hydrogen (secondary N) is 3. The first kappa shape index (κ1) is 18.9. The van der Waals surface area contributed by atoms with Crippen LogP contribution in [0, 0.1) is 0 Å². The molecule has 2 aliphatic heterocycles. The Bertz CT molecular complexity index is 933. The molecule has 1 saturated heterocycles. The number of anilines is 1. The predicted molar refractivity (Wildman–Crippen MR) is 107 cm³/mol. The molecule has 0 aliphatic carbocycles. The highest BCUT2D eigenvalue weighted by molar-refractivity contribution is 6.02. The lowest BCUT2D eigenvalue weighted by Gasteiger charge is -2.39. The summed E-state index contributed by atoms with van der Waals surface area (Å²) in [6.45, 7) is 0.692. The summed E-state index contributed by atoms with van der Waals surface area (Å²) in [7, 11) is 0. The number of pyridine rings is 1. The molecule has 2 aliphatic rings. The van der Waals surface area contributed by atoms with E-state index >= 15 is 0 Å². The number of carbonyl (C=O) groups is 3. The van der Waals surface area contributed by atoms with Crippen molar-refractivity contribution in [3.8, 4) is 0 Å². The van der Waals surface area contributed by atoms with E-state index in [4.69, 9.17) is 0 Å². The van der Waals surface area contributed by atoms with Crippen molar-refractivity contribution < 1.29 is 14.4 Å².